The van der Waals surface area contributed by atoms with Gasteiger partial charge in [0.15, 0.2) is 0 Å². The molecule has 0 heterocycles. The second-order valence-corrected chi connectivity index (χ2v) is 0.245. The van der Waals surface area contributed by atoms with Crippen LogP contribution >= 0.6 is 8.69 Å². The van der Waals surface area contributed by atoms with Crippen LogP contribution in [-0.4, -0.2) is 4.89 Å². The van der Waals surface area contributed by atoms with E-state index in [0.717, 1.165) is 0 Å². The molecule has 0 aromatic heterocycles. The van der Waals surface area contributed by atoms with Crippen molar-refractivity contribution in [1.82, 2.24) is 0 Å². The maximum absolute atomic E-state index is 8.46. The zero-order chi connectivity index (χ0) is 2.71. The Hall–Kier alpha value is 1.58. The van der Waals surface area contributed by atoms with Gasteiger partial charge in [-0.1, -0.05) is 0 Å². The van der Waals surface area contributed by atoms with Crippen molar-refractivity contribution in [3.8, 4) is 0 Å². The summed E-state index contributed by atoms with van der Waals surface area (Å²) < 4.78 is 8.46. The summed E-state index contributed by atoms with van der Waals surface area (Å²) in [5.41, 5.74) is 0. The molecule has 5 heteroatoms. The minimum Gasteiger partial charge on any atom is -1.00 e. The summed E-state index contributed by atoms with van der Waals surface area (Å²) in [6.07, 6.45) is 0. The van der Waals surface area contributed by atoms with Gasteiger partial charge in [0.25, 0.3) is 0 Å². The largest absolute Gasteiger partial charge is 1.00 e. The molecule has 0 bridgehead atoms. The molecular formula is H2CuNaO2P. The van der Waals surface area contributed by atoms with Crippen molar-refractivity contribution >= 4 is 8.69 Å². The molecule has 0 aliphatic carbocycles. The van der Waals surface area contributed by atoms with E-state index < -0.39 is 8.69 Å². The van der Waals surface area contributed by atoms with E-state index in [4.69, 9.17) is 9.46 Å². The molecule has 1 radical (unpaired) electrons. The molecule has 0 unspecified atom stereocenters. The fraction of sp³-hybridized carbons (Fsp3) is 0. The predicted octanol–water partition coefficient (Wildman–Crippen LogP) is -2.70. The van der Waals surface area contributed by atoms with E-state index in [2.05, 4.69) is 0 Å². The summed E-state index contributed by atoms with van der Waals surface area (Å²) in [5, 5.41) is 0. The topological polar surface area (TPSA) is 37.3 Å². The summed E-state index contributed by atoms with van der Waals surface area (Å²) in [6.45, 7) is 0. The SMILES string of the molecule is O=PO.[Cu].[H-].[Na+]. The van der Waals surface area contributed by atoms with Gasteiger partial charge in [0, 0.05) is 17.1 Å². The first kappa shape index (κ1) is 16.0. The molecule has 0 aromatic carbocycles. The molecular weight excluding hydrogens is 150 g/mol. The minimum atomic E-state index is -0.833. The van der Waals surface area contributed by atoms with E-state index in [0.29, 0.717) is 0 Å². The van der Waals surface area contributed by atoms with E-state index >= 15 is 0 Å². The second-order valence-electron chi connectivity index (χ2n) is 0.0816. The molecule has 0 aliphatic heterocycles. The Morgan fingerprint density at radius 1 is 1.80 bits per heavy atom. The Kier molecular flexibility index (Phi) is 56.2. The van der Waals surface area contributed by atoms with Crippen LogP contribution in [0.25, 0.3) is 0 Å². The monoisotopic (exact) mass is 151 g/mol. The summed E-state index contributed by atoms with van der Waals surface area (Å²) in [6, 6.07) is 0. The van der Waals surface area contributed by atoms with Gasteiger partial charge in [-0.3, -0.25) is 0 Å². The molecule has 31 valence electrons. The third-order valence-electron chi connectivity index (χ3n) is 0. The molecule has 0 fully saturated rings. The van der Waals surface area contributed by atoms with Crippen LogP contribution in [0.15, 0.2) is 0 Å². The Morgan fingerprint density at radius 3 is 1.80 bits per heavy atom. The third kappa shape index (κ3) is 28.7. The van der Waals surface area contributed by atoms with Crippen molar-refractivity contribution in [1.29, 1.82) is 0 Å². The average Bonchev–Trinajstić information content (AvgIpc) is 0.918. The first-order chi connectivity index (χ1) is 1.41. The van der Waals surface area contributed by atoms with Gasteiger partial charge in [-0.2, -0.15) is 0 Å². The van der Waals surface area contributed by atoms with Crippen LogP contribution in [0.4, 0.5) is 0 Å². The van der Waals surface area contributed by atoms with Crippen LogP contribution < -0.4 is 29.6 Å². The first-order valence-electron chi connectivity index (χ1n) is 0.383. The normalized spacial score (nSPS) is 4.20. The number of rotatable bonds is 0. The maximum Gasteiger partial charge on any atom is 1.00 e. The van der Waals surface area contributed by atoms with Crippen molar-refractivity contribution in [3.05, 3.63) is 0 Å². The fourth-order valence-electron chi connectivity index (χ4n) is 0. The van der Waals surface area contributed by atoms with Gasteiger partial charge >= 0.3 is 38.2 Å². The molecule has 0 spiro atoms. The van der Waals surface area contributed by atoms with Gasteiger partial charge in [-0.15, -0.1) is 0 Å². The standard InChI is InChI=1S/Cu.Na.HO2P.H/c;;1-3-2;/h;;(H,1,2);/q;+1;;-1. The Labute approximate surface area is 65.9 Å². The molecule has 0 amide bonds. The summed E-state index contributed by atoms with van der Waals surface area (Å²) in [7, 11) is -0.833. The van der Waals surface area contributed by atoms with Crippen LogP contribution in [0.5, 0.6) is 0 Å². The van der Waals surface area contributed by atoms with Gasteiger partial charge in [-0.05, 0) is 0 Å². The first-order valence-corrected chi connectivity index (χ1v) is 1.15. The van der Waals surface area contributed by atoms with Crippen molar-refractivity contribution in [2.75, 3.05) is 0 Å². The number of hydrogen-bond acceptors (Lipinski definition) is 1. The fourth-order valence-corrected chi connectivity index (χ4v) is 0. The predicted molar refractivity (Wildman–Crippen MR) is 10.9 cm³/mol. The van der Waals surface area contributed by atoms with Crippen LogP contribution in [0.1, 0.15) is 1.43 Å². The van der Waals surface area contributed by atoms with Gasteiger partial charge in [0.05, 0.1) is 0 Å². The van der Waals surface area contributed by atoms with Crippen LogP contribution in [0.3, 0.4) is 0 Å². The van der Waals surface area contributed by atoms with Gasteiger partial charge < -0.3 is 6.32 Å². The molecule has 0 aliphatic rings. The minimum absolute atomic E-state index is 0. The second kappa shape index (κ2) is 17.6. The van der Waals surface area contributed by atoms with Crippen molar-refractivity contribution in [2.45, 2.75) is 0 Å². The molecule has 1 N–H and O–H groups in total. The average molecular weight is 152 g/mol. The van der Waals surface area contributed by atoms with Gasteiger partial charge in [0.2, 0.25) is 0 Å². The smallest absolute Gasteiger partial charge is 1.00 e. The third-order valence-corrected chi connectivity index (χ3v) is 0. The molecule has 0 aromatic rings. The van der Waals surface area contributed by atoms with Gasteiger partial charge in [0.1, 0.15) is 0 Å². The Balaban J connectivity index is -0.00000000667. The quantitative estimate of drug-likeness (QED) is 0.302. The van der Waals surface area contributed by atoms with E-state index in [-0.39, 0.29) is 48.1 Å². The van der Waals surface area contributed by atoms with Crippen LogP contribution in [0, 0.1) is 0 Å². The van der Waals surface area contributed by atoms with E-state index in [9.17, 15) is 0 Å². The summed E-state index contributed by atoms with van der Waals surface area (Å²) >= 11 is 0. The molecule has 0 saturated heterocycles. The molecule has 0 saturated carbocycles. The number of hydrogen-bond donors (Lipinski definition) is 1. The Bertz CT molecular complexity index is 21.0. The molecule has 0 rings (SSSR count). The van der Waals surface area contributed by atoms with Gasteiger partial charge in [-0.25, -0.2) is 4.57 Å². The van der Waals surface area contributed by atoms with Crippen molar-refractivity contribution < 1.29 is 57.5 Å². The van der Waals surface area contributed by atoms with E-state index in [1.165, 1.54) is 0 Å². The van der Waals surface area contributed by atoms with Crippen molar-refractivity contribution in [3.63, 3.8) is 0 Å². The maximum atomic E-state index is 8.46. The summed E-state index contributed by atoms with van der Waals surface area (Å²) in [4.78, 5) is 6.99. The van der Waals surface area contributed by atoms with Crippen LogP contribution in [-0.2, 0) is 21.6 Å². The van der Waals surface area contributed by atoms with E-state index in [1.807, 2.05) is 0 Å². The van der Waals surface area contributed by atoms with E-state index in [1.54, 1.807) is 0 Å². The van der Waals surface area contributed by atoms with Crippen molar-refractivity contribution in [2.24, 2.45) is 0 Å². The summed E-state index contributed by atoms with van der Waals surface area (Å²) in [5.74, 6) is 0. The van der Waals surface area contributed by atoms with Crippen LogP contribution in [0.2, 0.25) is 0 Å². The zero-order valence-corrected chi connectivity index (χ0v) is 6.44. The zero-order valence-electron chi connectivity index (χ0n) is 3.60. The molecule has 5 heavy (non-hydrogen) atoms. The Morgan fingerprint density at radius 2 is 1.80 bits per heavy atom. The molecule has 2 nitrogen and oxygen atoms in total. The molecule has 0 atom stereocenters.